The maximum atomic E-state index is 3.63. The molecule has 17 heavy (non-hydrogen) atoms. The van der Waals surface area contributed by atoms with Gasteiger partial charge in [-0.15, -0.1) is 11.3 Å². The molecule has 0 radical (unpaired) electrons. The van der Waals surface area contributed by atoms with Gasteiger partial charge in [0, 0.05) is 9.75 Å². The predicted octanol–water partition coefficient (Wildman–Crippen LogP) is 4.15. The molecule has 0 aliphatic carbocycles. The Kier molecular flexibility index (Phi) is 4.35. The molecule has 0 aliphatic heterocycles. The maximum absolute atomic E-state index is 3.63. The van der Waals surface area contributed by atoms with Gasteiger partial charge in [-0.2, -0.15) is 0 Å². The van der Waals surface area contributed by atoms with E-state index in [1.807, 2.05) is 11.3 Å². The van der Waals surface area contributed by atoms with Crippen LogP contribution in [-0.2, 0) is 0 Å². The fourth-order valence-electron chi connectivity index (χ4n) is 1.93. The minimum atomic E-state index is 0.342. The van der Waals surface area contributed by atoms with Gasteiger partial charge in [0.05, 0.1) is 6.04 Å². The van der Waals surface area contributed by atoms with Crippen LogP contribution >= 0.6 is 11.3 Å². The lowest BCUT2D eigenvalue weighted by Gasteiger charge is -2.17. The van der Waals surface area contributed by atoms with E-state index in [4.69, 9.17) is 0 Å². The Balaban J connectivity index is 2.25. The van der Waals surface area contributed by atoms with E-state index in [9.17, 15) is 0 Å². The number of thiophene rings is 1. The minimum absolute atomic E-state index is 0.342. The Bertz CT molecular complexity index is 447. The Morgan fingerprint density at radius 3 is 2.47 bits per heavy atom. The summed E-state index contributed by atoms with van der Waals surface area (Å²) >= 11 is 1.88. The van der Waals surface area contributed by atoms with Gasteiger partial charge in [-0.25, -0.2) is 0 Å². The number of benzene rings is 1. The van der Waals surface area contributed by atoms with Gasteiger partial charge in [-0.1, -0.05) is 37.3 Å². The number of hydrogen-bond donors (Lipinski definition) is 1. The highest BCUT2D eigenvalue weighted by Gasteiger charge is 2.14. The zero-order valence-corrected chi connectivity index (χ0v) is 11.3. The zero-order valence-electron chi connectivity index (χ0n) is 10.4. The third-order valence-corrected chi connectivity index (χ3v) is 3.84. The number of aryl methyl sites for hydroxylation is 1. The molecular formula is C15H19NS. The van der Waals surface area contributed by atoms with Gasteiger partial charge in [0.15, 0.2) is 0 Å². The van der Waals surface area contributed by atoms with Gasteiger partial charge >= 0.3 is 0 Å². The molecule has 1 nitrogen and oxygen atoms in total. The lowest BCUT2D eigenvalue weighted by atomic mass is 10.1. The van der Waals surface area contributed by atoms with Crippen LogP contribution in [0.2, 0.25) is 0 Å². The van der Waals surface area contributed by atoms with Gasteiger partial charge < -0.3 is 5.32 Å². The monoisotopic (exact) mass is 245 g/mol. The first-order chi connectivity index (χ1) is 8.31. The Morgan fingerprint density at radius 2 is 1.88 bits per heavy atom. The van der Waals surface area contributed by atoms with E-state index in [0.717, 1.165) is 13.0 Å². The third-order valence-electron chi connectivity index (χ3n) is 2.78. The van der Waals surface area contributed by atoms with Crippen LogP contribution in [0.4, 0.5) is 0 Å². The molecule has 1 heterocycles. The summed E-state index contributed by atoms with van der Waals surface area (Å²) in [5, 5.41) is 3.63. The van der Waals surface area contributed by atoms with Crippen LogP contribution in [-0.4, -0.2) is 6.54 Å². The molecule has 0 amide bonds. The summed E-state index contributed by atoms with van der Waals surface area (Å²) < 4.78 is 0. The molecule has 0 saturated carbocycles. The molecule has 1 atom stereocenters. The average molecular weight is 245 g/mol. The third kappa shape index (κ3) is 3.18. The molecular weight excluding hydrogens is 226 g/mol. The summed E-state index contributed by atoms with van der Waals surface area (Å²) in [6.45, 7) is 5.42. The van der Waals surface area contributed by atoms with E-state index in [-0.39, 0.29) is 0 Å². The molecule has 0 fully saturated rings. The Labute approximate surface area is 108 Å². The first-order valence-corrected chi connectivity index (χ1v) is 6.97. The maximum Gasteiger partial charge on any atom is 0.0671 e. The molecule has 1 N–H and O–H groups in total. The van der Waals surface area contributed by atoms with Crippen LogP contribution in [0, 0.1) is 6.92 Å². The second-order valence-corrected chi connectivity index (χ2v) is 5.57. The van der Waals surface area contributed by atoms with Crippen molar-refractivity contribution in [3.63, 3.8) is 0 Å². The minimum Gasteiger partial charge on any atom is -0.306 e. The van der Waals surface area contributed by atoms with Crippen molar-refractivity contribution in [3.05, 3.63) is 57.8 Å². The molecule has 2 heteroatoms. The van der Waals surface area contributed by atoms with Crippen LogP contribution in [0.3, 0.4) is 0 Å². The summed E-state index contributed by atoms with van der Waals surface area (Å²) in [6, 6.07) is 15.5. The standard InChI is InChI=1S/C15H19NS/c1-3-11-16-15(13-7-5-4-6-8-13)14-10-9-12(2)17-14/h4-10,15-16H,3,11H2,1-2H3. The lowest BCUT2D eigenvalue weighted by Crippen LogP contribution is -2.22. The topological polar surface area (TPSA) is 12.0 Å². The molecule has 2 aromatic rings. The molecule has 1 unspecified atom stereocenters. The predicted molar refractivity (Wildman–Crippen MR) is 75.6 cm³/mol. The van der Waals surface area contributed by atoms with Crippen molar-refractivity contribution < 1.29 is 0 Å². The highest BCUT2D eigenvalue weighted by molar-refractivity contribution is 7.12. The summed E-state index contributed by atoms with van der Waals surface area (Å²) in [5.41, 5.74) is 1.35. The van der Waals surface area contributed by atoms with Crippen molar-refractivity contribution in [2.45, 2.75) is 26.3 Å². The van der Waals surface area contributed by atoms with Gasteiger partial charge in [0.25, 0.3) is 0 Å². The van der Waals surface area contributed by atoms with Crippen molar-refractivity contribution in [2.24, 2.45) is 0 Å². The van der Waals surface area contributed by atoms with E-state index < -0.39 is 0 Å². The normalized spacial score (nSPS) is 12.6. The second-order valence-electron chi connectivity index (χ2n) is 4.25. The van der Waals surface area contributed by atoms with Crippen molar-refractivity contribution in [2.75, 3.05) is 6.54 Å². The zero-order chi connectivity index (χ0) is 12.1. The van der Waals surface area contributed by atoms with E-state index in [0.29, 0.717) is 6.04 Å². The Hall–Kier alpha value is -1.12. The fourth-order valence-corrected chi connectivity index (χ4v) is 2.91. The molecule has 0 spiro atoms. The van der Waals surface area contributed by atoms with Crippen molar-refractivity contribution >= 4 is 11.3 Å². The van der Waals surface area contributed by atoms with Crippen LogP contribution in [0.25, 0.3) is 0 Å². The van der Waals surface area contributed by atoms with E-state index in [2.05, 4.69) is 61.6 Å². The fraction of sp³-hybridized carbons (Fsp3) is 0.333. The van der Waals surface area contributed by atoms with Crippen molar-refractivity contribution in [3.8, 4) is 0 Å². The average Bonchev–Trinajstić information content (AvgIpc) is 2.78. The first-order valence-electron chi connectivity index (χ1n) is 6.16. The van der Waals surface area contributed by atoms with Crippen LogP contribution in [0.1, 0.15) is 34.7 Å². The molecule has 0 saturated heterocycles. The van der Waals surface area contributed by atoms with Crippen molar-refractivity contribution in [1.82, 2.24) is 5.32 Å². The van der Waals surface area contributed by atoms with Crippen LogP contribution in [0.15, 0.2) is 42.5 Å². The summed E-state index contributed by atoms with van der Waals surface area (Å²) in [5.74, 6) is 0. The molecule has 1 aromatic carbocycles. The molecule has 2 rings (SSSR count). The second kappa shape index (κ2) is 5.99. The first kappa shape index (κ1) is 12.3. The smallest absolute Gasteiger partial charge is 0.0671 e. The molecule has 0 bridgehead atoms. The largest absolute Gasteiger partial charge is 0.306 e. The SMILES string of the molecule is CCCNC(c1ccccc1)c1ccc(C)s1. The van der Waals surface area contributed by atoms with Gasteiger partial charge in [-0.3, -0.25) is 0 Å². The number of rotatable bonds is 5. The van der Waals surface area contributed by atoms with E-state index in [1.165, 1.54) is 15.3 Å². The number of hydrogen-bond acceptors (Lipinski definition) is 2. The van der Waals surface area contributed by atoms with Gasteiger partial charge in [-0.05, 0) is 37.6 Å². The molecule has 1 aromatic heterocycles. The van der Waals surface area contributed by atoms with Gasteiger partial charge in [0.2, 0.25) is 0 Å². The van der Waals surface area contributed by atoms with Crippen LogP contribution in [0.5, 0.6) is 0 Å². The summed E-state index contributed by atoms with van der Waals surface area (Å²) in [4.78, 5) is 2.78. The highest BCUT2D eigenvalue weighted by Crippen LogP contribution is 2.28. The Morgan fingerprint density at radius 1 is 1.12 bits per heavy atom. The van der Waals surface area contributed by atoms with Crippen LogP contribution < -0.4 is 5.32 Å². The summed E-state index contributed by atoms with van der Waals surface area (Å²) in [6.07, 6.45) is 1.16. The molecule has 0 aliphatic rings. The van der Waals surface area contributed by atoms with E-state index in [1.54, 1.807) is 0 Å². The molecule has 90 valence electrons. The lowest BCUT2D eigenvalue weighted by molar-refractivity contribution is 0.606. The van der Waals surface area contributed by atoms with E-state index >= 15 is 0 Å². The highest BCUT2D eigenvalue weighted by atomic mass is 32.1. The van der Waals surface area contributed by atoms with Crippen molar-refractivity contribution in [1.29, 1.82) is 0 Å². The number of nitrogens with one attached hydrogen (secondary N) is 1. The quantitative estimate of drug-likeness (QED) is 0.834. The summed E-state index contributed by atoms with van der Waals surface area (Å²) in [7, 11) is 0. The van der Waals surface area contributed by atoms with Gasteiger partial charge in [0.1, 0.15) is 0 Å².